The number of ketones is 1. The molecule has 1 aliphatic heterocycles. The number of aliphatic hydroxyl groups is 1. The molecule has 2 N–H and O–H groups in total. The molecule has 0 aliphatic carbocycles. The molecule has 0 aromatic heterocycles. The number of carboxylic acids is 1. The maximum absolute atomic E-state index is 13.4. The first-order valence-electron chi connectivity index (χ1n) is 11.3. The summed E-state index contributed by atoms with van der Waals surface area (Å²) in [5.74, 6) is -2.08. The summed E-state index contributed by atoms with van der Waals surface area (Å²) in [6.07, 6.45) is -0.186. The van der Waals surface area contributed by atoms with Gasteiger partial charge in [-0.05, 0) is 47.5 Å². The van der Waals surface area contributed by atoms with Crippen LogP contribution in [0.15, 0.2) is 72.3 Å². The molecule has 3 aromatic carbocycles. The standard InChI is InChI=1S/C28H25NO8/c1-35-19-13-9-17(10-14-19)25-24(26(32)23-20(36-2)5-4-6-21(23)37-3)27(33)28(34)29(25)18-11-7-16(8-12-18)15-22(30)31/h4-14,25,32H,15H2,1-3H3,(H,30,31)/b26-24+. The molecule has 0 spiro atoms. The summed E-state index contributed by atoms with van der Waals surface area (Å²) >= 11 is 0. The second kappa shape index (κ2) is 10.4. The predicted octanol–water partition coefficient (Wildman–Crippen LogP) is 3.97. The Bertz CT molecular complexity index is 1350. The lowest BCUT2D eigenvalue weighted by atomic mass is 9.94. The Morgan fingerprint density at radius 3 is 1.95 bits per heavy atom. The van der Waals surface area contributed by atoms with Crippen molar-refractivity contribution in [2.45, 2.75) is 12.5 Å². The molecule has 37 heavy (non-hydrogen) atoms. The summed E-state index contributed by atoms with van der Waals surface area (Å²) in [6.45, 7) is 0. The van der Waals surface area contributed by atoms with Gasteiger partial charge in [0.05, 0.1) is 39.4 Å². The summed E-state index contributed by atoms with van der Waals surface area (Å²) in [7, 11) is 4.36. The molecule has 3 aromatic rings. The highest BCUT2D eigenvalue weighted by atomic mass is 16.5. The van der Waals surface area contributed by atoms with Gasteiger partial charge in [-0.3, -0.25) is 19.3 Å². The molecule has 9 nitrogen and oxygen atoms in total. The first-order chi connectivity index (χ1) is 17.8. The Balaban J connectivity index is 1.94. The van der Waals surface area contributed by atoms with E-state index in [4.69, 9.17) is 19.3 Å². The van der Waals surface area contributed by atoms with Gasteiger partial charge in [0.1, 0.15) is 28.6 Å². The van der Waals surface area contributed by atoms with Gasteiger partial charge in [0, 0.05) is 5.69 Å². The number of Topliss-reactive ketones (excluding diaryl/α,β-unsaturated/α-hetero) is 1. The molecule has 1 aliphatic rings. The van der Waals surface area contributed by atoms with Gasteiger partial charge in [0.2, 0.25) is 0 Å². The van der Waals surface area contributed by atoms with E-state index in [1.165, 1.54) is 26.2 Å². The van der Waals surface area contributed by atoms with E-state index in [0.717, 1.165) is 0 Å². The molecule has 190 valence electrons. The number of carbonyl (C=O) groups excluding carboxylic acids is 2. The van der Waals surface area contributed by atoms with Crippen LogP contribution in [0.3, 0.4) is 0 Å². The van der Waals surface area contributed by atoms with Crippen molar-refractivity contribution in [1.82, 2.24) is 0 Å². The van der Waals surface area contributed by atoms with Gasteiger partial charge in [0.25, 0.3) is 11.7 Å². The molecule has 4 rings (SSSR count). The van der Waals surface area contributed by atoms with Gasteiger partial charge in [-0.1, -0.05) is 30.3 Å². The summed E-state index contributed by atoms with van der Waals surface area (Å²) in [5.41, 5.74) is 1.44. The van der Waals surface area contributed by atoms with Gasteiger partial charge in [-0.15, -0.1) is 0 Å². The average molecular weight is 504 g/mol. The van der Waals surface area contributed by atoms with E-state index in [1.807, 2.05) is 0 Å². The Morgan fingerprint density at radius 2 is 1.43 bits per heavy atom. The third kappa shape index (κ3) is 4.71. The lowest BCUT2D eigenvalue weighted by Gasteiger charge is -2.26. The molecule has 1 fully saturated rings. The van der Waals surface area contributed by atoms with Crippen molar-refractivity contribution in [2.24, 2.45) is 0 Å². The highest BCUT2D eigenvalue weighted by Gasteiger charge is 2.47. The summed E-state index contributed by atoms with van der Waals surface area (Å²) < 4.78 is 16.1. The fourth-order valence-corrected chi connectivity index (χ4v) is 4.37. The zero-order chi connectivity index (χ0) is 26.7. The fourth-order valence-electron chi connectivity index (χ4n) is 4.37. The summed E-state index contributed by atoms with van der Waals surface area (Å²) in [6, 6.07) is 17.0. The van der Waals surface area contributed by atoms with E-state index in [9.17, 15) is 19.5 Å². The monoisotopic (exact) mass is 503 g/mol. The average Bonchev–Trinajstić information content (AvgIpc) is 3.18. The molecule has 1 amide bonds. The van der Waals surface area contributed by atoms with Crippen LogP contribution >= 0.6 is 0 Å². The Kier molecular flexibility index (Phi) is 7.15. The van der Waals surface area contributed by atoms with Crippen LogP contribution in [0.4, 0.5) is 5.69 Å². The topological polar surface area (TPSA) is 123 Å². The number of carbonyl (C=O) groups is 3. The molecule has 1 heterocycles. The minimum Gasteiger partial charge on any atom is -0.506 e. The van der Waals surface area contributed by atoms with Gasteiger partial charge < -0.3 is 24.4 Å². The second-order valence-corrected chi connectivity index (χ2v) is 8.22. The molecule has 0 bridgehead atoms. The molecule has 1 saturated heterocycles. The van der Waals surface area contributed by atoms with E-state index >= 15 is 0 Å². The largest absolute Gasteiger partial charge is 0.506 e. The van der Waals surface area contributed by atoms with Crippen LogP contribution in [0.1, 0.15) is 22.7 Å². The number of methoxy groups -OCH3 is 3. The summed E-state index contributed by atoms with van der Waals surface area (Å²) in [4.78, 5) is 39.2. The smallest absolute Gasteiger partial charge is 0.307 e. The first kappa shape index (κ1) is 25.3. The van der Waals surface area contributed by atoms with Gasteiger partial charge in [-0.25, -0.2) is 0 Å². The number of anilines is 1. The normalized spacial score (nSPS) is 16.5. The summed E-state index contributed by atoms with van der Waals surface area (Å²) in [5, 5.41) is 20.6. The number of aliphatic hydroxyl groups excluding tert-OH is 1. The number of hydrogen-bond donors (Lipinski definition) is 2. The third-order valence-corrected chi connectivity index (χ3v) is 6.11. The number of benzene rings is 3. The van der Waals surface area contributed by atoms with Crippen molar-refractivity contribution in [1.29, 1.82) is 0 Å². The van der Waals surface area contributed by atoms with Crippen molar-refractivity contribution in [3.63, 3.8) is 0 Å². The van der Waals surface area contributed by atoms with E-state index in [-0.39, 0.29) is 29.1 Å². The fraction of sp³-hybridized carbons (Fsp3) is 0.179. The maximum atomic E-state index is 13.4. The molecular weight excluding hydrogens is 478 g/mol. The predicted molar refractivity (Wildman–Crippen MR) is 135 cm³/mol. The highest BCUT2D eigenvalue weighted by Crippen LogP contribution is 2.45. The number of nitrogens with zero attached hydrogens (tertiary/aromatic N) is 1. The third-order valence-electron chi connectivity index (χ3n) is 6.11. The molecule has 9 heteroatoms. The molecular formula is C28H25NO8. The Labute approximate surface area is 213 Å². The lowest BCUT2D eigenvalue weighted by molar-refractivity contribution is -0.136. The van der Waals surface area contributed by atoms with Gasteiger partial charge in [0.15, 0.2) is 0 Å². The highest BCUT2D eigenvalue weighted by molar-refractivity contribution is 6.51. The Morgan fingerprint density at radius 1 is 0.838 bits per heavy atom. The maximum Gasteiger partial charge on any atom is 0.307 e. The number of amides is 1. The van der Waals surface area contributed by atoms with Gasteiger partial charge in [-0.2, -0.15) is 0 Å². The van der Waals surface area contributed by atoms with Gasteiger partial charge >= 0.3 is 5.97 Å². The lowest BCUT2D eigenvalue weighted by Crippen LogP contribution is -2.29. The number of aliphatic carboxylic acids is 1. The van der Waals surface area contributed by atoms with Crippen LogP contribution in [-0.2, 0) is 20.8 Å². The van der Waals surface area contributed by atoms with Crippen molar-refractivity contribution in [3.8, 4) is 17.2 Å². The quantitative estimate of drug-likeness (QED) is 0.269. The van der Waals surface area contributed by atoms with E-state index < -0.39 is 29.5 Å². The van der Waals surface area contributed by atoms with E-state index in [1.54, 1.807) is 66.7 Å². The van der Waals surface area contributed by atoms with Crippen LogP contribution in [0.25, 0.3) is 5.76 Å². The van der Waals surface area contributed by atoms with Crippen LogP contribution in [0, 0.1) is 0 Å². The van der Waals surface area contributed by atoms with Crippen LogP contribution in [-0.4, -0.2) is 49.2 Å². The van der Waals surface area contributed by atoms with Crippen LogP contribution < -0.4 is 19.1 Å². The van der Waals surface area contributed by atoms with Crippen LogP contribution in [0.2, 0.25) is 0 Å². The zero-order valence-corrected chi connectivity index (χ0v) is 20.4. The minimum atomic E-state index is -0.995. The molecule has 1 atom stereocenters. The molecule has 0 saturated carbocycles. The minimum absolute atomic E-state index is 0.140. The van der Waals surface area contributed by atoms with Crippen molar-refractivity contribution < 1.29 is 38.8 Å². The molecule has 1 unspecified atom stereocenters. The number of ether oxygens (including phenoxy) is 3. The van der Waals surface area contributed by atoms with E-state index in [0.29, 0.717) is 22.6 Å². The van der Waals surface area contributed by atoms with E-state index in [2.05, 4.69) is 0 Å². The Hall–Kier alpha value is -4.79. The second-order valence-electron chi connectivity index (χ2n) is 8.22. The number of rotatable bonds is 8. The molecule has 0 radical (unpaired) electrons. The number of hydrogen-bond acceptors (Lipinski definition) is 7. The van der Waals surface area contributed by atoms with Crippen molar-refractivity contribution >= 4 is 29.1 Å². The van der Waals surface area contributed by atoms with Crippen molar-refractivity contribution in [2.75, 3.05) is 26.2 Å². The zero-order valence-electron chi connectivity index (χ0n) is 20.4. The number of carboxylic acid groups (broad SMARTS) is 1. The SMILES string of the molecule is COc1ccc(C2/C(=C(\O)c3c(OC)cccc3OC)C(=O)C(=O)N2c2ccc(CC(=O)O)cc2)cc1. The van der Waals surface area contributed by atoms with Crippen LogP contribution in [0.5, 0.6) is 17.2 Å². The van der Waals surface area contributed by atoms with Crippen molar-refractivity contribution in [3.05, 3.63) is 89.0 Å². The first-order valence-corrected chi connectivity index (χ1v) is 11.3.